The number of nitrogen functional groups attached to an aromatic ring is 1. The van der Waals surface area contributed by atoms with Crippen LogP contribution in [-0.4, -0.2) is 23.5 Å². The van der Waals surface area contributed by atoms with Crippen LogP contribution in [0.1, 0.15) is 0 Å². The molecule has 108 valence electrons. The molecule has 0 bridgehead atoms. The van der Waals surface area contributed by atoms with Crippen molar-refractivity contribution in [2.75, 3.05) is 24.7 Å². The molecule has 1 aromatic carbocycles. The second kappa shape index (κ2) is 4.93. The summed E-state index contributed by atoms with van der Waals surface area (Å²) >= 11 is 5.94. The van der Waals surface area contributed by atoms with E-state index in [1.807, 2.05) is 37.3 Å². The molecule has 0 saturated heterocycles. The van der Waals surface area contributed by atoms with Crippen LogP contribution in [0.4, 0.5) is 15.9 Å². The molecule has 0 aliphatic heterocycles. The van der Waals surface area contributed by atoms with Crippen molar-refractivity contribution in [3.8, 4) is 11.3 Å². The second-order valence-corrected chi connectivity index (χ2v) is 5.42. The molecule has 0 radical (unpaired) electrons. The maximum atomic E-state index is 14.0. The molecule has 0 unspecified atom stereocenters. The molecule has 2 aromatic heterocycles. The molecule has 0 atom stereocenters. The first-order chi connectivity index (χ1) is 9.97. The Hall–Kier alpha value is -2.27. The van der Waals surface area contributed by atoms with Crippen molar-refractivity contribution in [3.05, 3.63) is 47.4 Å². The Bertz CT molecular complexity index is 826. The van der Waals surface area contributed by atoms with E-state index < -0.39 is 5.82 Å². The molecule has 3 aromatic rings. The van der Waals surface area contributed by atoms with Crippen molar-refractivity contribution in [3.63, 3.8) is 0 Å². The topological polar surface area (TPSA) is 46.6 Å². The van der Waals surface area contributed by atoms with Gasteiger partial charge in [-0.15, -0.1) is 0 Å². The van der Waals surface area contributed by atoms with E-state index >= 15 is 0 Å². The Kier molecular flexibility index (Phi) is 3.22. The number of pyridine rings is 1. The van der Waals surface area contributed by atoms with Gasteiger partial charge in [0.25, 0.3) is 0 Å². The fourth-order valence-corrected chi connectivity index (χ4v) is 2.37. The number of imidazole rings is 1. The van der Waals surface area contributed by atoms with Gasteiger partial charge in [0.15, 0.2) is 0 Å². The van der Waals surface area contributed by atoms with Gasteiger partial charge in [0.1, 0.15) is 23.0 Å². The van der Waals surface area contributed by atoms with Crippen LogP contribution in [0.5, 0.6) is 0 Å². The molecule has 0 amide bonds. The third kappa shape index (κ3) is 2.29. The fraction of sp³-hybridized carbons (Fsp3) is 0.133. The van der Waals surface area contributed by atoms with Crippen LogP contribution < -0.4 is 10.6 Å². The average molecular weight is 305 g/mol. The molecule has 21 heavy (non-hydrogen) atoms. The third-order valence-electron chi connectivity index (χ3n) is 3.34. The van der Waals surface area contributed by atoms with Gasteiger partial charge >= 0.3 is 0 Å². The molecular formula is C15H14ClFN4. The monoisotopic (exact) mass is 304 g/mol. The molecule has 2 heterocycles. The van der Waals surface area contributed by atoms with Crippen LogP contribution in [0, 0.1) is 5.82 Å². The molecule has 2 N–H and O–H groups in total. The lowest BCUT2D eigenvalue weighted by Gasteiger charge is -2.12. The van der Waals surface area contributed by atoms with Gasteiger partial charge in [-0.1, -0.05) is 11.6 Å². The summed E-state index contributed by atoms with van der Waals surface area (Å²) in [7, 11) is 3.87. The van der Waals surface area contributed by atoms with Crippen molar-refractivity contribution < 1.29 is 4.39 Å². The number of benzene rings is 1. The Morgan fingerprint density at radius 1 is 1.24 bits per heavy atom. The molecule has 4 nitrogen and oxygen atoms in total. The van der Waals surface area contributed by atoms with Crippen molar-refractivity contribution in [1.29, 1.82) is 0 Å². The van der Waals surface area contributed by atoms with E-state index in [1.54, 1.807) is 4.40 Å². The van der Waals surface area contributed by atoms with Crippen molar-refractivity contribution in [1.82, 2.24) is 9.38 Å². The largest absolute Gasteiger partial charge is 0.383 e. The normalized spacial score (nSPS) is 11.0. The SMILES string of the molecule is CN(C)c1ccc2nc(-c3cc(Cl)ccc3F)c(N)n2c1. The standard InChI is InChI=1S/C15H14ClFN4/c1-20(2)10-4-6-13-19-14(15(18)21(13)8-10)11-7-9(16)3-5-12(11)17/h3-8H,18H2,1-2H3. The number of halogens is 2. The maximum Gasteiger partial charge on any atom is 0.139 e. The third-order valence-corrected chi connectivity index (χ3v) is 3.57. The molecule has 0 fully saturated rings. The van der Waals surface area contributed by atoms with E-state index in [0.717, 1.165) is 5.69 Å². The van der Waals surface area contributed by atoms with Gasteiger partial charge in [0.2, 0.25) is 0 Å². The highest BCUT2D eigenvalue weighted by molar-refractivity contribution is 6.30. The molecule has 3 rings (SSSR count). The van der Waals surface area contributed by atoms with Gasteiger partial charge in [0.05, 0.1) is 5.69 Å². The zero-order chi connectivity index (χ0) is 15.1. The number of hydrogen-bond donors (Lipinski definition) is 1. The zero-order valence-electron chi connectivity index (χ0n) is 11.6. The minimum absolute atomic E-state index is 0.301. The van der Waals surface area contributed by atoms with E-state index in [1.165, 1.54) is 18.2 Å². The van der Waals surface area contributed by atoms with E-state index in [2.05, 4.69) is 4.98 Å². The molecule has 6 heteroatoms. The maximum absolute atomic E-state index is 14.0. The summed E-state index contributed by atoms with van der Waals surface area (Å²) in [6.45, 7) is 0. The number of aromatic nitrogens is 2. The second-order valence-electron chi connectivity index (χ2n) is 4.98. The van der Waals surface area contributed by atoms with E-state index in [-0.39, 0.29) is 0 Å². The highest BCUT2D eigenvalue weighted by Gasteiger charge is 2.16. The van der Waals surface area contributed by atoms with Crippen molar-refractivity contribution >= 4 is 28.8 Å². The summed E-state index contributed by atoms with van der Waals surface area (Å²) in [5.41, 5.74) is 8.46. The first-order valence-electron chi connectivity index (χ1n) is 6.37. The van der Waals surface area contributed by atoms with Crippen LogP contribution in [0.25, 0.3) is 16.9 Å². The number of anilines is 2. The number of nitrogens with zero attached hydrogens (tertiary/aromatic N) is 3. The van der Waals surface area contributed by atoms with Crippen molar-refractivity contribution in [2.45, 2.75) is 0 Å². The highest BCUT2D eigenvalue weighted by atomic mass is 35.5. The predicted octanol–water partition coefficient (Wildman–Crippen LogP) is 3.44. The van der Waals surface area contributed by atoms with Gasteiger partial charge in [-0.2, -0.15) is 0 Å². The van der Waals surface area contributed by atoms with Gasteiger partial charge in [-0.05, 0) is 30.3 Å². The summed E-state index contributed by atoms with van der Waals surface area (Å²) in [5, 5.41) is 0.442. The van der Waals surface area contributed by atoms with E-state index in [0.29, 0.717) is 27.7 Å². The lowest BCUT2D eigenvalue weighted by molar-refractivity contribution is 0.631. The van der Waals surface area contributed by atoms with Gasteiger partial charge in [-0.25, -0.2) is 9.37 Å². The molecule has 0 aliphatic carbocycles. The highest BCUT2D eigenvalue weighted by Crippen LogP contribution is 2.31. The fourth-order valence-electron chi connectivity index (χ4n) is 2.19. The molecular weight excluding hydrogens is 291 g/mol. The molecule has 0 aliphatic rings. The number of rotatable bonds is 2. The van der Waals surface area contributed by atoms with Gasteiger partial charge in [-0.3, -0.25) is 4.40 Å². The minimum atomic E-state index is -0.401. The lowest BCUT2D eigenvalue weighted by Crippen LogP contribution is -2.09. The quantitative estimate of drug-likeness (QED) is 0.789. The summed E-state index contributed by atoms with van der Waals surface area (Å²) < 4.78 is 15.7. The van der Waals surface area contributed by atoms with Gasteiger partial charge in [0, 0.05) is 30.9 Å². The van der Waals surface area contributed by atoms with Crippen molar-refractivity contribution in [2.24, 2.45) is 0 Å². The average Bonchev–Trinajstić information content (AvgIpc) is 2.78. The Morgan fingerprint density at radius 3 is 2.71 bits per heavy atom. The zero-order valence-corrected chi connectivity index (χ0v) is 12.4. The molecule has 0 saturated carbocycles. The lowest BCUT2D eigenvalue weighted by atomic mass is 10.1. The van der Waals surface area contributed by atoms with Crippen LogP contribution in [-0.2, 0) is 0 Å². The number of hydrogen-bond acceptors (Lipinski definition) is 3. The Labute approximate surface area is 126 Å². The smallest absolute Gasteiger partial charge is 0.139 e. The summed E-state index contributed by atoms with van der Waals surface area (Å²) in [6.07, 6.45) is 1.86. The molecule has 0 spiro atoms. The van der Waals surface area contributed by atoms with Crippen LogP contribution >= 0.6 is 11.6 Å². The minimum Gasteiger partial charge on any atom is -0.383 e. The first-order valence-corrected chi connectivity index (χ1v) is 6.75. The van der Waals surface area contributed by atoms with E-state index in [9.17, 15) is 4.39 Å². The first kappa shape index (κ1) is 13.7. The van der Waals surface area contributed by atoms with Gasteiger partial charge < -0.3 is 10.6 Å². The predicted molar refractivity (Wildman–Crippen MR) is 84.3 cm³/mol. The number of fused-ring (bicyclic) bond motifs is 1. The van der Waals surface area contributed by atoms with Crippen LogP contribution in [0.15, 0.2) is 36.5 Å². The Morgan fingerprint density at radius 2 is 2.00 bits per heavy atom. The summed E-state index contributed by atoms with van der Waals surface area (Å²) in [6, 6.07) is 8.11. The Balaban J connectivity index is 2.24. The summed E-state index contributed by atoms with van der Waals surface area (Å²) in [5.74, 6) is -0.0165. The van der Waals surface area contributed by atoms with Crippen LogP contribution in [0.3, 0.4) is 0 Å². The number of nitrogens with two attached hydrogens (primary N) is 1. The van der Waals surface area contributed by atoms with Crippen LogP contribution in [0.2, 0.25) is 5.02 Å². The summed E-state index contributed by atoms with van der Waals surface area (Å²) in [4.78, 5) is 6.36. The van der Waals surface area contributed by atoms with E-state index in [4.69, 9.17) is 17.3 Å².